The Bertz CT molecular complexity index is 449. The zero-order valence-electron chi connectivity index (χ0n) is 8.37. The Morgan fingerprint density at radius 1 is 1.56 bits per heavy atom. The van der Waals surface area contributed by atoms with Gasteiger partial charge in [-0.05, 0) is 34.3 Å². The van der Waals surface area contributed by atoms with Gasteiger partial charge >= 0.3 is 0 Å². The van der Waals surface area contributed by atoms with E-state index in [4.69, 9.17) is 5.73 Å². The van der Waals surface area contributed by atoms with Gasteiger partial charge in [-0.3, -0.25) is 0 Å². The molecule has 0 aliphatic rings. The number of hydrogen-bond acceptors (Lipinski definition) is 3. The van der Waals surface area contributed by atoms with Gasteiger partial charge in [0.25, 0.3) is 0 Å². The lowest BCUT2D eigenvalue weighted by Gasteiger charge is -1.99. The van der Waals surface area contributed by atoms with Crippen molar-refractivity contribution in [3.8, 4) is 5.75 Å². The van der Waals surface area contributed by atoms with E-state index in [1.54, 1.807) is 18.3 Å². The van der Waals surface area contributed by atoms with Crippen molar-refractivity contribution in [1.29, 1.82) is 0 Å². The van der Waals surface area contributed by atoms with Crippen molar-refractivity contribution in [3.63, 3.8) is 0 Å². The van der Waals surface area contributed by atoms with Gasteiger partial charge in [0.2, 0.25) is 11.4 Å². The molecule has 0 atom stereocenters. The summed E-state index contributed by atoms with van der Waals surface area (Å²) in [7, 11) is 0. The third-order valence-corrected chi connectivity index (χ3v) is 3.23. The number of aromatic hydroxyl groups is 1. The molecule has 4 nitrogen and oxygen atoms in total. The summed E-state index contributed by atoms with van der Waals surface area (Å²) in [6.07, 6.45) is 3.39. The molecule has 0 bridgehead atoms. The maximum Gasteiger partial charge on any atom is 0.225 e. The van der Waals surface area contributed by atoms with Crippen LogP contribution in [0.1, 0.15) is 5.56 Å². The van der Waals surface area contributed by atoms with E-state index in [2.05, 4.69) is 42.1 Å². The standard InChI is InChI=1S/C9H9Br2N3OS/c1-16-9(12)14-13-4-5-2-6(10)3-7(11)8(5)15/h2-4,15H,1H3,(H2,12,14)/p+1. The molecule has 7 heteroatoms. The van der Waals surface area contributed by atoms with Crippen LogP contribution in [0.2, 0.25) is 0 Å². The minimum atomic E-state index is 0.147. The quantitative estimate of drug-likeness (QED) is 0.415. The summed E-state index contributed by atoms with van der Waals surface area (Å²) >= 11 is 7.90. The average molecular weight is 368 g/mol. The molecule has 16 heavy (non-hydrogen) atoms. The summed E-state index contributed by atoms with van der Waals surface area (Å²) in [5, 5.41) is 16.7. The number of phenols is 1. The predicted octanol–water partition coefficient (Wildman–Crippen LogP) is 1.01. The monoisotopic (exact) mass is 366 g/mol. The van der Waals surface area contributed by atoms with E-state index in [1.807, 2.05) is 6.26 Å². The Morgan fingerprint density at radius 3 is 2.88 bits per heavy atom. The fourth-order valence-electron chi connectivity index (χ4n) is 0.907. The summed E-state index contributed by atoms with van der Waals surface area (Å²) in [5.41, 5.74) is 6.09. The second-order valence-corrected chi connectivity index (χ2v) is 5.35. The van der Waals surface area contributed by atoms with Gasteiger partial charge in [0, 0.05) is 9.57 Å². The van der Waals surface area contributed by atoms with Gasteiger partial charge in [-0.2, -0.15) is 0 Å². The fraction of sp³-hybridized carbons (Fsp3) is 0.111. The maximum atomic E-state index is 9.72. The molecule has 0 saturated carbocycles. The average Bonchev–Trinajstić information content (AvgIpc) is 2.24. The van der Waals surface area contributed by atoms with Crippen molar-refractivity contribution in [2.45, 2.75) is 0 Å². The highest BCUT2D eigenvalue weighted by atomic mass is 79.9. The van der Waals surface area contributed by atoms with Crippen LogP contribution in [0, 0.1) is 0 Å². The van der Waals surface area contributed by atoms with Crippen LogP contribution in [-0.4, -0.2) is 22.7 Å². The van der Waals surface area contributed by atoms with Crippen molar-refractivity contribution in [1.82, 2.24) is 0 Å². The number of benzene rings is 1. The summed E-state index contributed by atoms with van der Waals surface area (Å²) in [4.78, 5) is 0. The molecule has 0 amide bonds. The summed E-state index contributed by atoms with van der Waals surface area (Å²) in [5.74, 6) is 0.147. The van der Waals surface area contributed by atoms with Crippen LogP contribution in [-0.2, 0) is 0 Å². The number of thioether (sulfide) groups is 1. The van der Waals surface area contributed by atoms with Gasteiger partial charge in [0.15, 0.2) is 0 Å². The lowest BCUT2D eigenvalue weighted by molar-refractivity contribution is -0.456. The Morgan fingerprint density at radius 2 is 2.25 bits per heavy atom. The number of hydrogen-bond donors (Lipinski definition) is 3. The van der Waals surface area contributed by atoms with Crippen molar-refractivity contribution < 1.29 is 10.2 Å². The van der Waals surface area contributed by atoms with Crippen molar-refractivity contribution in [3.05, 3.63) is 26.6 Å². The van der Waals surface area contributed by atoms with E-state index < -0.39 is 0 Å². The number of nitrogens with one attached hydrogen (secondary N) is 1. The van der Waals surface area contributed by atoms with Crippen molar-refractivity contribution in [2.75, 3.05) is 6.26 Å². The number of nitrogens with zero attached hydrogens (tertiary/aromatic N) is 1. The molecule has 1 aromatic rings. The van der Waals surface area contributed by atoms with Gasteiger partial charge in [0.1, 0.15) is 5.75 Å². The van der Waals surface area contributed by atoms with Gasteiger partial charge in [-0.25, -0.2) is 0 Å². The molecule has 1 aromatic carbocycles. The van der Waals surface area contributed by atoms with Crippen LogP contribution < -0.4 is 10.8 Å². The molecule has 0 fully saturated rings. The molecule has 0 unspecified atom stereocenters. The van der Waals surface area contributed by atoms with Crippen LogP contribution in [0.25, 0.3) is 0 Å². The molecular formula is C9H10Br2N3OS+. The molecule has 0 spiro atoms. The molecule has 4 N–H and O–H groups in total. The largest absolute Gasteiger partial charge is 0.506 e. The van der Waals surface area contributed by atoms with E-state index in [1.165, 1.54) is 11.8 Å². The Balaban J connectivity index is 2.97. The predicted molar refractivity (Wildman–Crippen MR) is 74.8 cm³/mol. The molecule has 0 radical (unpaired) electrons. The highest BCUT2D eigenvalue weighted by Gasteiger charge is 2.07. The first-order valence-electron chi connectivity index (χ1n) is 4.18. The first-order chi connectivity index (χ1) is 7.54. The fourth-order valence-corrected chi connectivity index (χ4v) is 2.31. The second kappa shape index (κ2) is 6.27. The Kier molecular flexibility index (Phi) is 5.30. The van der Waals surface area contributed by atoms with Crippen LogP contribution in [0.15, 0.2) is 26.2 Å². The van der Waals surface area contributed by atoms with Gasteiger partial charge in [-0.1, -0.05) is 27.7 Å². The Labute approximate surface area is 114 Å². The molecular weight excluding hydrogens is 358 g/mol. The SMILES string of the molecule is CSC(N)=N[NH+]=Cc1cc(Br)cc(Br)c1O. The number of nitrogens with two attached hydrogens (primary N) is 1. The topological polar surface area (TPSA) is 72.6 Å². The Hall–Kier alpha value is -0.530. The first kappa shape index (κ1) is 13.5. The molecule has 0 heterocycles. The van der Waals surface area contributed by atoms with E-state index in [9.17, 15) is 5.11 Å². The minimum absolute atomic E-state index is 0.147. The van der Waals surface area contributed by atoms with Gasteiger partial charge in [0.05, 0.1) is 10.0 Å². The highest BCUT2D eigenvalue weighted by Crippen LogP contribution is 2.30. The third kappa shape index (κ3) is 3.80. The van der Waals surface area contributed by atoms with Crippen LogP contribution in [0.3, 0.4) is 0 Å². The van der Waals surface area contributed by atoms with Gasteiger partial charge < -0.3 is 10.8 Å². The normalized spacial score (nSPS) is 12.3. The smallest absolute Gasteiger partial charge is 0.225 e. The first-order valence-corrected chi connectivity index (χ1v) is 6.99. The van der Waals surface area contributed by atoms with Crippen LogP contribution >= 0.6 is 43.6 Å². The van der Waals surface area contributed by atoms with E-state index in [-0.39, 0.29) is 5.75 Å². The van der Waals surface area contributed by atoms with Crippen LogP contribution in [0.4, 0.5) is 0 Å². The van der Waals surface area contributed by atoms with E-state index in [0.717, 1.165) is 4.47 Å². The number of rotatable bonds is 2. The zero-order valence-corrected chi connectivity index (χ0v) is 12.4. The molecule has 0 saturated heterocycles. The molecule has 0 aliphatic carbocycles. The minimum Gasteiger partial charge on any atom is -0.506 e. The second-order valence-electron chi connectivity index (χ2n) is 2.75. The van der Waals surface area contributed by atoms with E-state index in [0.29, 0.717) is 15.2 Å². The maximum absolute atomic E-state index is 9.72. The lowest BCUT2D eigenvalue weighted by Crippen LogP contribution is -2.62. The van der Waals surface area contributed by atoms with Crippen LogP contribution in [0.5, 0.6) is 5.75 Å². The number of halogens is 2. The zero-order chi connectivity index (χ0) is 12.1. The van der Waals surface area contributed by atoms with E-state index >= 15 is 0 Å². The van der Waals surface area contributed by atoms with Crippen molar-refractivity contribution in [2.24, 2.45) is 10.8 Å². The van der Waals surface area contributed by atoms with Gasteiger partial charge in [-0.15, -0.1) is 5.10 Å². The number of phenolic OH excluding ortho intramolecular Hbond substituents is 1. The number of hydrazone groups is 1. The summed E-state index contributed by atoms with van der Waals surface area (Å²) < 4.78 is 1.46. The molecule has 1 rings (SSSR count). The summed E-state index contributed by atoms with van der Waals surface area (Å²) in [6, 6.07) is 3.52. The van der Waals surface area contributed by atoms with Crippen molar-refractivity contribution >= 4 is 55.0 Å². The lowest BCUT2D eigenvalue weighted by atomic mass is 10.2. The molecule has 0 aliphatic heterocycles. The highest BCUT2D eigenvalue weighted by molar-refractivity contribution is 9.11. The summed E-state index contributed by atoms with van der Waals surface area (Å²) in [6.45, 7) is 0. The molecule has 86 valence electrons. The molecule has 0 aromatic heterocycles. The third-order valence-electron chi connectivity index (χ3n) is 1.66. The number of amidine groups is 1.